The van der Waals surface area contributed by atoms with Crippen LogP contribution in [0.3, 0.4) is 0 Å². The quantitative estimate of drug-likeness (QED) is 0.305. The summed E-state index contributed by atoms with van der Waals surface area (Å²) in [6.45, 7) is 0. The molecular weight excluding hydrogens is 190 g/mol. The molecule has 0 rings (SSSR count). The molecule has 0 fully saturated rings. The zero-order valence-electron chi connectivity index (χ0n) is 3.35. The van der Waals surface area contributed by atoms with Crippen LogP contribution >= 0.6 is 0 Å². The van der Waals surface area contributed by atoms with E-state index >= 15 is 0 Å². The first-order chi connectivity index (χ1) is 3.46. The van der Waals surface area contributed by atoms with Crippen LogP contribution < -0.4 is 8.40 Å². The van der Waals surface area contributed by atoms with Crippen molar-refractivity contribution in [1.29, 1.82) is 0 Å². The zero-order valence-corrected chi connectivity index (χ0v) is 4.94. The van der Waals surface area contributed by atoms with E-state index in [1.807, 2.05) is 0 Å². The Kier molecular flexibility index (Phi) is 8.63. The van der Waals surface area contributed by atoms with Crippen LogP contribution in [0.25, 0.3) is 0 Å². The molecule has 0 heterocycles. The van der Waals surface area contributed by atoms with Crippen molar-refractivity contribution >= 4 is 0 Å². The maximum absolute atomic E-state index is 8.63. The second kappa shape index (κ2) is 6.56. The Labute approximate surface area is 48.7 Å². The Morgan fingerprint density at radius 3 is 1.50 bits per heavy atom. The van der Waals surface area contributed by atoms with Crippen LogP contribution in [0.2, 0.25) is 0 Å². The molecule has 8 heavy (non-hydrogen) atoms. The molecule has 0 aromatic heterocycles. The fraction of sp³-hybridized carbons (Fsp3) is 0. The number of hydrogen-bond donors (Lipinski definition) is 2. The Hall–Kier alpha value is -0.440. The highest BCUT2D eigenvalue weighted by Crippen LogP contribution is 1.38. The topological polar surface area (TPSA) is 130 Å². The Morgan fingerprint density at radius 1 is 1.50 bits per heavy atom. The predicted octanol–water partition coefficient (Wildman–Crippen LogP) is -3.28. The summed E-state index contributed by atoms with van der Waals surface area (Å²) in [5, 5.41) is 13.6. The number of halogens is 1. The van der Waals surface area contributed by atoms with E-state index in [0.29, 0.717) is 0 Å². The van der Waals surface area contributed by atoms with E-state index in [0.717, 1.165) is 0 Å². The molecule has 0 aliphatic carbocycles. The number of rotatable bonds is 0. The Bertz CT molecular complexity index is 52.8. The molecular formula is H2BrNO6. The van der Waals surface area contributed by atoms with Crippen LogP contribution in [0.1, 0.15) is 0 Å². The van der Waals surface area contributed by atoms with E-state index in [2.05, 4.69) is 0 Å². The van der Waals surface area contributed by atoms with Gasteiger partial charge in [0.1, 0.15) is 0 Å². The third-order valence-corrected chi connectivity index (χ3v) is 0. The van der Waals surface area contributed by atoms with E-state index < -0.39 is 19.9 Å². The summed E-state index contributed by atoms with van der Waals surface area (Å²) in [4.78, 5) is 8.36. The minimum Gasteiger partial charge on any atom is -0.372 e. The number of hydrogen-bond acceptors (Lipinski definition) is 5. The van der Waals surface area contributed by atoms with Crippen LogP contribution in [0.15, 0.2) is 0 Å². The molecule has 0 unspecified atom stereocenters. The summed E-state index contributed by atoms with van der Waals surface area (Å²) in [6.07, 6.45) is 0. The van der Waals surface area contributed by atoms with Crippen LogP contribution in [-0.2, 0) is 0 Å². The first kappa shape index (κ1) is 10.5. The molecule has 0 aliphatic heterocycles. The highest BCUT2D eigenvalue weighted by Gasteiger charge is 1.86. The van der Waals surface area contributed by atoms with Gasteiger partial charge in [-0.15, -0.1) is 10.1 Å². The largest absolute Gasteiger partial charge is 0.433 e. The minimum absolute atomic E-state index is 1.50. The average molecular weight is 192 g/mol. The van der Waals surface area contributed by atoms with Crippen molar-refractivity contribution in [2.75, 3.05) is 0 Å². The van der Waals surface area contributed by atoms with Crippen molar-refractivity contribution in [2.24, 2.45) is 0 Å². The summed E-state index contributed by atoms with van der Waals surface area (Å²) in [5.74, 6) is 0. The smallest absolute Gasteiger partial charge is 0.372 e. The fourth-order valence-electron chi connectivity index (χ4n) is 0. The van der Waals surface area contributed by atoms with Gasteiger partial charge in [-0.25, -0.2) is 0 Å². The maximum atomic E-state index is 8.63. The van der Waals surface area contributed by atoms with Gasteiger partial charge < -0.3 is 13.6 Å². The van der Waals surface area contributed by atoms with E-state index in [-0.39, 0.29) is 0 Å². The standard InChI is InChI=1S/BrHO3.HNO3/c2*2-1(3)4/h2H;(H,2,3,4). The lowest BCUT2D eigenvalue weighted by Gasteiger charge is -1.69. The number of nitrogens with zero attached hydrogens (tertiary/aromatic N) is 1. The van der Waals surface area contributed by atoms with Gasteiger partial charge in [-0.3, -0.25) is 0 Å². The Morgan fingerprint density at radius 2 is 1.50 bits per heavy atom. The van der Waals surface area contributed by atoms with E-state index in [1.54, 1.807) is 0 Å². The van der Waals surface area contributed by atoms with Crippen molar-refractivity contribution in [3.8, 4) is 0 Å². The van der Waals surface area contributed by atoms with Gasteiger partial charge in [-0.05, 0) is 4.20 Å². The molecule has 0 amide bonds. The highest BCUT2D eigenvalue weighted by molar-refractivity contribution is 3.83. The monoisotopic (exact) mass is 191 g/mol. The highest BCUT2D eigenvalue weighted by atomic mass is 80.0. The lowest BCUT2D eigenvalue weighted by molar-refractivity contribution is -1.63. The van der Waals surface area contributed by atoms with Crippen molar-refractivity contribution < 1.29 is 37.7 Å². The molecule has 0 spiro atoms. The van der Waals surface area contributed by atoms with E-state index in [4.69, 9.17) is 27.9 Å². The zero-order chi connectivity index (χ0) is 7.15. The van der Waals surface area contributed by atoms with E-state index in [1.165, 1.54) is 0 Å². The molecule has 0 saturated carbocycles. The van der Waals surface area contributed by atoms with Gasteiger partial charge in [0, 0.05) is 0 Å². The summed E-state index contributed by atoms with van der Waals surface area (Å²) >= 11 is -3.40. The van der Waals surface area contributed by atoms with Crippen molar-refractivity contribution in [1.82, 2.24) is 0 Å². The molecule has 0 radical (unpaired) electrons. The van der Waals surface area contributed by atoms with Crippen LogP contribution in [0, 0.1) is 24.9 Å². The van der Waals surface area contributed by atoms with E-state index in [9.17, 15) is 0 Å². The molecule has 8 heteroatoms. The van der Waals surface area contributed by atoms with Gasteiger partial charge in [0.05, 0.1) is 0 Å². The fourth-order valence-corrected chi connectivity index (χ4v) is 0. The lowest BCUT2D eigenvalue weighted by atomic mass is 13.1. The van der Waals surface area contributed by atoms with Gasteiger partial charge in [-0.1, -0.05) is 0 Å². The molecule has 0 aromatic rings. The van der Waals surface area contributed by atoms with Gasteiger partial charge in [0.25, 0.3) is 5.09 Å². The molecule has 0 saturated heterocycles. The van der Waals surface area contributed by atoms with Crippen LogP contribution in [0.5, 0.6) is 0 Å². The normalized spacial score (nSPS) is 7.50. The molecule has 0 atom stereocenters. The predicted molar refractivity (Wildman–Crippen MR) is 11.0 cm³/mol. The van der Waals surface area contributed by atoms with Gasteiger partial charge in [0.2, 0.25) is 0 Å². The van der Waals surface area contributed by atoms with Gasteiger partial charge in [-0.2, -0.15) is 0 Å². The summed E-state index contributed by atoms with van der Waals surface area (Å²) in [6, 6.07) is 0. The van der Waals surface area contributed by atoms with Crippen molar-refractivity contribution in [3.05, 3.63) is 10.1 Å². The first-order valence-corrected chi connectivity index (χ1v) is 3.05. The van der Waals surface area contributed by atoms with Crippen LogP contribution in [-0.4, -0.2) is 14.5 Å². The molecule has 7 nitrogen and oxygen atoms in total. The average Bonchev–Trinajstić information content (AvgIpc) is 1.25. The maximum Gasteiger partial charge on any atom is 0.433 e. The van der Waals surface area contributed by atoms with Gasteiger partial charge >= 0.3 is 14.8 Å². The third-order valence-electron chi connectivity index (χ3n) is 0. The van der Waals surface area contributed by atoms with Gasteiger partial charge in [0.15, 0.2) is 0 Å². The second-order valence-corrected chi connectivity index (χ2v) is 1.28. The van der Waals surface area contributed by atoms with Crippen molar-refractivity contribution in [3.63, 3.8) is 0 Å². The first-order valence-electron chi connectivity index (χ1n) is 1.04. The summed E-state index contributed by atoms with van der Waals surface area (Å²) in [5.41, 5.74) is 0. The molecule has 0 bridgehead atoms. The molecule has 2 N–H and O–H groups in total. The second-order valence-electron chi connectivity index (χ2n) is 0.439. The summed E-state index contributed by atoms with van der Waals surface area (Å²) in [7, 11) is 0. The third kappa shape index (κ3) is 597. The lowest BCUT2D eigenvalue weighted by Crippen LogP contribution is -2.30. The Balaban J connectivity index is 0. The summed E-state index contributed by atoms with van der Waals surface area (Å²) < 4.78 is 24.3. The molecule has 0 aromatic carbocycles. The molecule has 0 aliphatic rings. The minimum atomic E-state index is -3.40. The van der Waals surface area contributed by atoms with Crippen molar-refractivity contribution in [2.45, 2.75) is 0 Å². The molecule has 50 valence electrons. The SMILES string of the molecule is O=[N+]([O-])O.[O-][Br+2]([O-])O. The van der Waals surface area contributed by atoms with Crippen LogP contribution in [0.4, 0.5) is 0 Å².